The minimum absolute atomic E-state index is 0.0102. The highest BCUT2D eigenvalue weighted by atomic mass is 16.4. The molecule has 0 aliphatic heterocycles. The van der Waals surface area contributed by atoms with Crippen LogP contribution in [0.2, 0.25) is 0 Å². The Hall–Kier alpha value is -10.9. The zero-order chi connectivity index (χ0) is 77.1. The van der Waals surface area contributed by atoms with E-state index in [9.17, 15) is 97.1 Å². The van der Waals surface area contributed by atoms with Crippen molar-refractivity contribution < 1.29 is 97.1 Å². The number of amides is 13. The van der Waals surface area contributed by atoms with Crippen LogP contribution in [-0.4, -0.2) is 217 Å². The summed E-state index contributed by atoms with van der Waals surface area (Å²) in [6.07, 6.45) is -2.09. The number of aromatic amines is 1. The van der Waals surface area contributed by atoms with E-state index in [1.54, 1.807) is 65.0 Å². The van der Waals surface area contributed by atoms with Crippen LogP contribution in [0.25, 0.3) is 0 Å². The van der Waals surface area contributed by atoms with Crippen molar-refractivity contribution in [2.45, 2.75) is 204 Å². The third-order valence-electron chi connectivity index (χ3n) is 16.0. The van der Waals surface area contributed by atoms with Crippen molar-refractivity contribution in [1.82, 2.24) is 68.5 Å². The molecule has 102 heavy (non-hydrogen) atoms. The Kier molecular flexibility index (Phi) is 37.9. The number of imidazole rings is 1. The number of carboxylic acid groups (broad SMARTS) is 3. The summed E-state index contributed by atoms with van der Waals surface area (Å²) >= 11 is 0. The van der Waals surface area contributed by atoms with Crippen molar-refractivity contribution in [1.29, 1.82) is 0 Å². The Morgan fingerprint density at radius 1 is 0.490 bits per heavy atom. The molecule has 0 spiro atoms. The number of carbonyl (C=O) groups is 16. The van der Waals surface area contributed by atoms with Gasteiger partial charge in [0.05, 0.1) is 31.8 Å². The van der Waals surface area contributed by atoms with Gasteiger partial charge in [0.25, 0.3) is 0 Å². The number of H-pyrrole nitrogens is 1. The zero-order valence-electron chi connectivity index (χ0n) is 57.9. The SMILES string of the molecule is CC[C@H](C)[C@H](N)C(=O)N[C@@H](CO)C(=O)N[C@@H](CCC(=O)O)C(=O)N[C@H](C(=O)N[C@@H](CC(N)=O)C(=O)N[C@@H](CC(C)C)C(=O)N[C@@H](CC(=O)O)C(=O)N[C@@H](C)C(=O)N[C@@H](CCC(=O)O)C(=O)N[C@@H](Cc1ccccc1)C(=O)N[C@@H](CCCN=C(N)N)C(=O)N[C@@H](Cc1cnc[nH]1)C(N)=O)[C@@H](C)CC. The quantitative estimate of drug-likeness (QED) is 0.0166. The number of rotatable bonds is 48. The van der Waals surface area contributed by atoms with Crippen molar-refractivity contribution in [2.24, 2.45) is 51.4 Å². The molecule has 0 radical (unpaired) electrons. The predicted octanol–water partition coefficient (Wildman–Crippen LogP) is -6.38. The van der Waals surface area contributed by atoms with Crippen molar-refractivity contribution in [2.75, 3.05) is 13.2 Å². The van der Waals surface area contributed by atoms with E-state index in [1.807, 2.05) is 0 Å². The Morgan fingerprint density at radius 3 is 1.44 bits per heavy atom. The molecule has 2 aromatic rings. The molecule has 0 bridgehead atoms. The van der Waals surface area contributed by atoms with Gasteiger partial charge >= 0.3 is 17.9 Å². The number of aliphatic hydroxyl groups is 1. The number of nitrogens with zero attached hydrogens (tertiary/aromatic N) is 2. The molecule has 0 aliphatic rings. The summed E-state index contributed by atoms with van der Waals surface area (Å²) in [5.74, 6) is -20.7. The number of nitrogens with one attached hydrogen (secondary N) is 12. The van der Waals surface area contributed by atoms with E-state index in [-0.39, 0.29) is 56.9 Å². The number of hydrogen-bond donors (Lipinski definition) is 21. The summed E-state index contributed by atoms with van der Waals surface area (Å²) in [7, 11) is 0. The van der Waals surface area contributed by atoms with Crippen molar-refractivity contribution >= 4 is 101 Å². The number of hydrogen-bond acceptors (Lipinski definition) is 20. The lowest BCUT2D eigenvalue weighted by Crippen LogP contribution is -2.62. The molecule has 0 aliphatic carbocycles. The van der Waals surface area contributed by atoms with E-state index in [2.05, 4.69) is 73.4 Å². The molecule has 39 heteroatoms. The molecular weight excluding hydrogens is 1340 g/mol. The van der Waals surface area contributed by atoms with Crippen molar-refractivity contribution in [3.63, 3.8) is 0 Å². The van der Waals surface area contributed by atoms with Gasteiger partial charge in [-0.2, -0.15) is 0 Å². The second-order valence-corrected chi connectivity index (χ2v) is 24.8. The number of carbonyl (C=O) groups excluding carboxylic acids is 13. The Balaban J connectivity index is 2.45. The molecule has 0 saturated heterocycles. The van der Waals surface area contributed by atoms with Gasteiger partial charge < -0.3 is 113 Å². The summed E-state index contributed by atoms with van der Waals surface area (Å²) in [5.41, 5.74) is 28.9. The summed E-state index contributed by atoms with van der Waals surface area (Å²) in [6, 6.07) is -11.5. The van der Waals surface area contributed by atoms with Crippen LogP contribution >= 0.6 is 0 Å². The first-order chi connectivity index (χ1) is 47.9. The van der Waals surface area contributed by atoms with Gasteiger partial charge in [0.2, 0.25) is 76.8 Å². The van der Waals surface area contributed by atoms with E-state index in [1.165, 1.54) is 19.4 Å². The predicted molar refractivity (Wildman–Crippen MR) is 362 cm³/mol. The van der Waals surface area contributed by atoms with Crippen LogP contribution in [0.5, 0.6) is 0 Å². The van der Waals surface area contributed by atoms with Gasteiger partial charge in [-0.3, -0.25) is 81.7 Å². The lowest BCUT2D eigenvalue weighted by molar-refractivity contribution is -0.142. The molecule has 566 valence electrons. The standard InChI is InChI=1S/C63H99N19O20/c1-8-31(5)49(65)61(101)81-44(28-83)60(100)75-38(18-20-47(87)88)55(95)82-50(32(6)9-2)62(102)80-42(25-45(64)84)59(99)77-40(22-30(3)4)57(97)79-43(26-48(89)90)56(96)72-33(7)52(92)73-37(17-19-46(85)86)54(94)78-41(23-34-14-11-10-12-15-34)58(98)74-36(16-13-21-70-63(67)68)53(93)76-39(51(66)91)24-35-27-69-29-71-35/h10-12,14-15,27,29-33,36-44,49-50,83H,8-9,13,16-26,28,65H2,1-7H3,(H2,64,84)(H2,66,91)(H,69,71)(H,72,96)(H,73,92)(H,74,98)(H,75,100)(H,76,93)(H,77,99)(H,78,94)(H,79,97)(H,80,102)(H,81,101)(H,82,95)(H,85,86)(H,87,88)(H,89,90)(H4,67,68,70)/t31-,32-,33-,36-,37-,38-,39-,40-,41-,42-,43-,44-,49-,50-/m0/s1. The topological polar surface area (TPSA) is 658 Å². The van der Waals surface area contributed by atoms with Crippen LogP contribution in [0.4, 0.5) is 0 Å². The van der Waals surface area contributed by atoms with Gasteiger partial charge in [-0.25, -0.2) is 4.98 Å². The monoisotopic (exact) mass is 1440 g/mol. The maximum Gasteiger partial charge on any atom is 0.305 e. The Bertz CT molecular complexity index is 3240. The van der Waals surface area contributed by atoms with Crippen LogP contribution in [0, 0.1) is 17.8 Å². The molecular formula is C63H99N19O20. The number of nitrogens with two attached hydrogens (primary N) is 5. The highest BCUT2D eigenvalue weighted by Crippen LogP contribution is 2.15. The third kappa shape index (κ3) is 32.0. The number of benzene rings is 1. The lowest BCUT2D eigenvalue weighted by atomic mass is 9.96. The Morgan fingerprint density at radius 2 is 0.941 bits per heavy atom. The summed E-state index contributed by atoms with van der Waals surface area (Å²) in [5, 5.41) is 65.1. The molecule has 39 nitrogen and oxygen atoms in total. The summed E-state index contributed by atoms with van der Waals surface area (Å²) in [4.78, 5) is 225. The number of primary amides is 2. The average molecular weight is 1440 g/mol. The molecule has 1 aromatic carbocycles. The van der Waals surface area contributed by atoms with Gasteiger partial charge in [0.1, 0.15) is 66.5 Å². The average Bonchev–Trinajstić information content (AvgIpc) is 1.87. The Labute approximate surface area is 587 Å². The van der Waals surface area contributed by atoms with Crippen LogP contribution < -0.4 is 87.2 Å². The fraction of sp³-hybridized carbons (Fsp3) is 0.587. The molecule has 26 N–H and O–H groups in total. The van der Waals surface area contributed by atoms with E-state index in [0.29, 0.717) is 17.7 Å². The van der Waals surface area contributed by atoms with Crippen molar-refractivity contribution in [3.8, 4) is 0 Å². The second-order valence-electron chi connectivity index (χ2n) is 24.8. The number of aliphatic carboxylic acids is 3. The molecule has 13 amide bonds. The summed E-state index contributed by atoms with van der Waals surface area (Å²) in [6.45, 7) is 9.82. The van der Waals surface area contributed by atoms with Gasteiger partial charge in [-0.05, 0) is 62.3 Å². The molecule has 1 aromatic heterocycles. The zero-order valence-corrected chi connectivity index (χ0v) is 57.9. The second kappa shape index (κ2) is 44.3. The van der Waals surface area contributed by atoms with Gasteiger partial charge in [0, 0.05) is 44.1 Å². The van der Waals surface area contributed by atoms with Crippen LogP contribution in [-0.2, 0) is 89.6 Å². The number of carboxylic acids is 3. The van der Waals surface area contributed by atoms with E-state index < -0.39 is 224 Å². The van der Waals surface area contributed by atoms with Crippen LogP contribution in [0.3, 0.4) is 0 Å². The van der Waals surface area contributed by atoms with Crippen LogP contribution in [0.15, 0.2) is 47.8 Å². The number of aromatic nitrogens is 2. The molecule has 0 unspecified atom stereocenters. The first-order valence-corrected chi connectivity index (χ1v) is 32.9. The smallest absolute Gasteiger partial charge is 0.305 e. The maximum atomic E-state index is 14.4. The summed E-state index contributed by atoms with van der Waals surface area (Å²) < 4.78 is 0. The lowest BCUT2D eigenvalue weighted by Gasteiger charge is -2.29. The van der Waals surface area contributed by atoms with Gasteiger partial charge in [-0.15, -0.1) is 0 Å². The maximum absolute atomic E-state index is 14.4. The highest BCUT2D eigenvalue weighted by molar-refractivity contribution is 6.01. The normalized spacial score (nSPS) is 15.2. The number of aliphatic imine (C=N–C) groups is 1. The van der Waals surface area contributed by atoms with E-state index in [4.69, 9.17) is 28.7 Å². The fourth-order valence-corrected chi connectivity index (χ4v) is 9.74. The number of aliphatic hydroxyl groups excluding tert-OH is 1. The first-order valence-electron chi connectivity index (χ1n) is 32.9. The van der Waals surface area contributed by atoms with Crippen molar-refractivity contribution in [3.05, 3.63) is 54.1 Å². The largest absolute Gasteiger partial charge is 0.481 e. The molecule has 14 atom stereocenters. The minimum atomic E-state index is -2.04. The van der Waals surface area contributed by atoms with E-state index in [0.717, 1.165) is 6.92 Å². The number of guanidine groups is 1. The highest BCUT2D eigenvalue weighted by Gasteiger charge is 2.39. The molecule has 2 rings (SSSR count). The van der Waals surface area contributed by atoms with E-state index >= 15 is 0 Å². The molecule has 0 fully saturated rings. The van der Waals surface area contributed by atoms with Crippen LogP contribution in [0.1, 0.15) is 130 Å². The molecule has 1 heterocycles. The third-order valence-corrected chi connectivity index (χ3v) is 16.0. The fourth-order valence-electron chi connectivity index (χ4n) is 9.74. The minimum Gasteiger partial charge on any atom is -0.481 e. The van der Waals surface area contributed by atoms with Gasteiger partial charge in [0.15, 0.2) is 5.96 Å². The molecule has 0 saturated carbocycles. The van der Waals surface area contributed by atoms with Gasteiger partial charge in [-0.1, -0.05) is 84.7 Å². The first kappa shape index (κ1) is 87.2.